The van der Waals surface area contributed by atoms with Gasteiger partial charge in [-0.25, -0.2) is 0 Å². The molecule has 0 radical (unpaired) electrons. The van der Waals surface area contributed by atoms with Crippen molar-refractivity contribution in [1.82, 2.24) is 4.90 Å². The molecule has 0 aromatic carbocycles. The average Bonchev–Trinajstić information content (AvgIpc) is 2.33. The number of hydrogen-bond donors (Lipinski definition) is 1. The average molecular weight is 156 g/mol. The predicted molar refractivity (Wildman–Crippen MR) is 48.6 cm³/mol. The first-order valence-corrected chi connectivity index (χ1v) is 4.56. The maximum atomic E-state index is 6.18. The van der Waals surface area contributed by atoms with Gasteiger partial charge < -0.3 is 10.6 Å². The van der Waals surface area contributed by atoms with Gasteiger partial charge in [0, 0.05) is 5.54 Å². The highest BCUT2D eigenvalue weighted by molar-refractivity contribution is 4.89. The molecule has 1 aliphatic carbocycles. The Bertz CT molecular complexity index is 115. The summed E-state index contributed by atoms with van der Waals surface area (Å²) in [6.07, 6.45) is 6.32. The van der Waals surface area contributed by atoms with Crippen LogP contribution in [0, 0.1) is 0 Å². The van der Waals surface area contributed by atoms with Gasteiger partial charge in [-0.15, -0.1) is 0 Å². The second kappa shape index (κ2) is 3.55. The van der Waals surface area contributed by atoms with Crippen molar-refractivity contribution in [2.24, 2.45) is 5.73 Å². The van der Waals surface area contributed by atoms with E-state index in [1.165, 1.54) is 32.1 Å². The Morgan fingerprint density at radius 3 is 2.27 bits per heavy atom. The molecule has 0 heterocycles. The van der Waals surface area contributed by atoms with Crippen LogP contribution in [0.15, 0.2) is 0 Å². The topological polar surface area (TPSA) is 29.3 Å². The van der Waals surface area contributed by atoms with E-state index in [4.69, 9.17) is 5.73 Å². The van der Waals surface area contributed by atoms with Crippen molar-refractivity contribution in [1.29, 1.82) is 0 Å². The Balaban J connectivity index is 2.23. The lowest BCUT2D eigenvalue weighted by molar-refractivity contribution is 0.317. The standard InChI is InChI=1S/C9H20N2/c1-11(2)8-7-9(10)5-3-4-6-9/h3-8,10H2,1-2H3. The van der Waals surface area contributed by atoms with Crippen LogP contribution in [0.25, 0.3) is 0 Å². The highest BCUT2D eigenvalue weighted by atomic mass is 15.1. The lowest BCUT2D eigenvalue weighted by atomic mass is 9.95. The summed E-state index contributed by atoms with van der Waals surface area (Å²) in [7, 11) is 4.22. The minimum atomic E-state index is 0.185. The zero-order valence-electron chi connectivity index (χ0n) is 7.77. The predicted octanol–water partition coefficient (Wildman–Crippen LogP) is 1.21. The number of nitrogens with two attached hydrogens (primary N) is 1. The van der Waals surface area contributed by atoms with Gasteiger partial charge in [0.15, 0.2) is 0 Å². The summed E-state index contributed by atoms with van der Waals surface area (Å²) in [5.74, 6) is 0. The third-order valence-electron chi connectivity index (χ3n) is 2.66. The lowest BCUT2D eigenvalue weighted by Gasteiger charge is -2.25. The van der Waals surface area contributed by atoms with Crippen LogP contribution in [0.1, 0.15) is 32.1 Å². The number of rotatable bonds is 3. The van der Waals surface area contributed by atoms with Crippen molar-refractivity contribution >= 4 is 0 Å². The summed E-state index contributed by atoms with van der Waals surface area (Å²) in [5.41, 5.74) is 6.37. The molecule has 0 saturated heterocycles. The van der Waals surface area contributed by atoms with Crippen molar-refractivity contribution in [2.45, 2.75) is 37.6 Å². The van der Waals surface area contributed by atoms with Gasteiger partial charge in [-0.1, -0.05) is 12.8 Å². The molecular weight excluding hydrogens is 136 g/mol. The fraction of sp³-hybridized carbons (Fsp3) is 1.00. The van der Waals surface area contributed by atoms with E-state index in [1.807, 2.05) is 0 Å². The van der Waals surface area contributed by atoms with Crippen LogP contribution in [0.5, 0.6) is 0 Å². The molecule has 0 aliphatic heterocycles. The summed E-state index contributed by atoms with van der Waals surface area (Å²) in [4.78, 5) is 2.22. The zero-order chi connectivity index (χ0) is 8.32. The van der Waals surface area contributed by atoms with Crippen LogP contribution in [0.2, 0.25) is 0 Å². The second-order valence-electron chi connectivity index (χ2n) is 4.12. The maximum absolute atomic E-state index is 6.18. The SMILES string of the molecule is CN(C)CCC1(N)CCCC1. The molecule has 0 spiro atoms. The maximum Gasteiger partial charge on any atom is 0.0166 e. The van der Waals surface area contributed by atoms with Gasteiger partial charge in [-0.05, 0) is 39.9 Å². The van der Waals surface area contributed by atoms with E-state index >= 15 is 0 Å². The summed E-state index contributed by atoms with van der Waals surface area (Å²) < 4.78 is 0. The molecule has 1 saturated carbocycles. The molecule has 11 heavy (non-hydrogen) atoms. The Morgan fingerprint density at radius 1 is 1.27 bits per heavy atom. The van der Waals surface area contributed by atoms with Crippen LogP contribution in [0.4, 0.5) is 0 Å². The first kappa shape index (κ1) is 9.01. The molecule has 0 amide bonds. The third-order valence-corrected chi connectivity index (χ3v) is 2.66. The van der Waals surface area contributed by atoms with Crippen molar-refractivity contribution < 1.29 is 0 Å². The molecule has 0 bridgehead atoms. The monoisotopic (exact) mass is 156 g/mol. The normalized spacial score (nSPS) is 22.9. The van der Waals surface area contributed by atoms with E-state index < -0.39 is 0 Å². The minimum Gasteiger partial charge on any atom is -0.325 e. The smallest absolute Gasteiger partial charge is 0.0166 e. The molecule has 0 aromatic rings. The Morgan fingerprint density at radius 2 is 1.82 bits per heavy atom. The number of nitrogens with zero attached hydrogens (tertiary/aromatic N) is 1. The van der Waals surface area contributed by atoms with Gasteiger partial charge in [0.25, 0.3) is 0 Å². The van der Waals surface area contributed by atoms with E-state index in [0.717, 1.165) is 6.54 Å². The molecule has 2 nitrogen and oxygen atoms in total. The molecule has 1 fully saturated rings. The van der Waals surface area contributed by atoms with Gasteiger partial charge >= 0.3 is 0 Å². The van der Waals surface area contributed by atoms with E-state index in [9.17, 15) is 0 Å². The first-order valence-electron chi connectivity index (χ1n) is 4.56. The summed E-state index contributed by atoms with van der Waals surface area (Å²) in [6.45, 7) is 1.14. The van der Waals surface area contributed by atoms with Gasteiger partial charge in [0.1, 0.15) is 0 Å². The quantitative estimate of drug-likeness (QED) is 0.665. The fourth-order valence-electron chi connectivity index (χ4n) is 1.78. The van der Waals surface area contributed by atoms with Crippen molar-refractivity contribution in [3.05, 3.63) is 0 Å². The van der Waals surface area contributed by atoms with Crippen LogP contribution in [-0.2, 0) is 0 Å². The van der Waals surface area contributed by atoms with E-state index in [0.29, 0.717) is 0 Å². The Hall–Kier alpha value is -0.0800. The summed E-state index contributed by atoms with van der Waals surface area (Å²) in [6, 6.07) is 0. The van der Waals surface area contributed by atoms with Gasteiger partial charge in [0.05, 0.1) is 0 Å². The molecule has 0 aromatic heterocycles. The van der Waals surface area contributed by atoms with E-state index in [2.05, 4.69) is 19.0 Å². The largest absolute Gasteiger partial charge is 0.325 e. The highest BCUT2D eigenvalue weighted by Crippen LogP contribution is 2.29. The molecule has 2 N–H and O–H groups in total. The molecule has 1 aliphatic rings. The van der Waals surface area contributed by atoms with Crippen LogP contribution in [-0.4, -0.2) is 31.1 Å². The minimum absolute atomic E-state index is 0.185. The molecular formula is C9H20N2. The summed E-state index contributed by atoms with van der Waals surface area (Å²) in [5, 5.41) is 0. The lowest BCUT2D eigenvalue weighted by Crippen LogP contribution is -2.39. The fourth-order valence-corrected chi connectivity index (χ4v) is 1.78. The second-order valence-corrected chi connectivity index (χ2v) is 4.12. The van der Waals surface area contributed by atoms with Crippen molar-refractivity contribution in [3.8, 4) is 0 Å². The van der Waals surface area contributed by atoms with Crippen molar-refractivity contribution in [2.75, 3.05) is 20.6 Å². The first-order chi connectivity index (χ1) is 5.12. The molecule has 66 valence electrons. The van der Waals surface area contributed by atoms with Gasteiger partial charge in [-0.3, -0.25) is 0 Å². The molecule has 0 unspecified atom stereocenters. The highest BCUT2D eigenvalue weighted by Gasteiger charge is 2.28. The zero-order valence-corrected chi connectivity index (χ0v) is 7.77. The van der Waals surface area contributed by atoms with E-state index in [1.54, 1.807) is 0 Å². The summed E-state index contributed by atoms with van der Waals surface area (Å²) >= 11 is 0. The van der Waals surface area contributed by atoms with Crippen LogP contribution < -0.4 is 5.73 Å². The van der Waals surface area contributed by atoms with Crippen molar-refractivity contribution in [3.63, 3.8) is 0 Å². The van der Waals surface area contributed by atoms with Crippen LogP contribution >= 0.6 is 0 Å². The Labute approximate surface area is 69.8 Å². The molecule has 2 heteroatoms. The molecule has 1 rings (SSSR count). The molecule has 0 atom stereocenters. The Kier molecular flexibility index (Phi) is 2.90. The third kappa shape index (κ3) is 2.80. The van der Waals surface area contributed by atoms with Gasteiger partial charge in [0.2, 0.25) is 0 Å². The number of hydrogen-bond acceptors (Lipinski definition) is 2. The van der Waals surface area contributed by atoms with E-state index in [-0.39, 0.29) is 5.54 Å². The van der Waals surface area contributed by atoms with Crippen LogP contribution in [0.3, 0.4) is 0 Å². The van der Waals surface area contributed by atoms with Gasteiger partial charge in [-0.2, -0.15) is 0 Å².